The van der Waals surface area contributed by atoms with Crippen molar-refractivity contribution >= 4 is 11.8 Å². The average molecular weight is 622 g/mol. The van der Waals surface area contributed by atoms with Gasteiger partial charge in [-0.2, -0.15) is 0 Å². The molecule has 4 nitrogen and oxygen atoms in total. The van der Waals surface area contributed by atoms with E-state index >= 15 is 0 Å². The molecule has 0 amide bonds. The molecule has 0 N–H and O–H groups in total. The van der Waals surface area contributed by atoms with E-state index in [1.54, 1.807) is 0 Å². The Morgan fingerprint density at radius 3 is 1.48 bits per heavy atom. The van der Waals surface area contributed by atoms with Crippen LogP contribution in [0.15, 0.2) is 0 Å². The lowest BCUT2D eigenvalue weighted by Gasteiger charge is -2.17. The minimum Gasteiger partial charge on any atom is -0.466 e. The first-order valence-corrected chi connectivity index (χ1v) is 19.9. The Morgan fingerprint density at radius 2 is 0.932 bits per heavy atom. The Kier molecular flexibility index (Phi) is 34.2. The SMILES string of the molecule is CCCCCCCCCOC(=O)CCCN(C)CCCCCCCC(=O)CC(CCCCCCCC)CCCCCCCC. The minimum absolute atomic E-state index is 0.0323. The molecule has 0 heterocycles. The van der Waals surface area contributed by atoms with Crippen molar-refractivity contribution in [1.29, 1.82) is 0 Å². The van der Waals surface area contributed by atoms with Crippen molar-refractivity contribution in [3.63, 3.8) is 0 Å². The molecule has 0 fully saturated rings. The van der Waals surface area contributed by atoms with E-state index < -0.39 is 0 Å². The zero-order valence-electron chi connectivity index (χ0n) is 30.6. The third kappa shape index (κ3) is 32.5. The summed E-state index contributed by atoms with van der Waals surface area (Å²) < 4.78 is 5.41. The number of nitrogens with zero attached hydrogens (tertiary/aromatic N) is 1. The Bertz CT molecular complexity index is 591. The molecular formula is C40H79NO3. The van der Waals surface area contributed by atoms with Gasteiger partial charge in [-0.05, 0) is 51.7 Å². The molecule has 0 aliphatic heterocycles. The molecule has 0 rings (SSSR count). The number of hydrogen-bond acceptors (Lipinski definition) is 4. The monoisotopic (exact) mass is 622 g/mol. The van der Waals surface area contributed by atoms with Gasteiger partial charge in [0.15, 0.2) is 0 Å². The van der Waals surface area contributed by atoms with Crippen molar-refractivity contribution in [2.45, 2.75) is 213 Å². The van der Waals surface area contributed by atoms with Crippen LogP contribution in [0.4, 0.5) is 0 Å². The highest BCUT2D eigenvalue weighted by molar-refractivity contribution is 5.78. The van der Waals surface area contributed by atoms with Gasteiger partial charge < -0.3 is 9.64 Å². The fourth-order valence-electron chi connectivity index (χ4n) is 6.36. The molecule has 44 heavy (non-hydrogen) atoms. The van der Waals surface area contributed by atoms with Crippen LogP contribution in [0.3, 0.4) is 0 Å². The fourth-order valence-corrected chi connectivity index (χ4v) is 6.36. The first-order valence-electron chi connectivity index (χ1n) is 19.9. The van der Waals surface area contributed by atoms with Gasteiger partial charge in [0.1, 0.15) is 5.78 Å². The maximum Gasteiger partial charge on any atom is 0.305 e. The Labute approximate surface area is 276 Å². The lowest BCUT2D eigenvalue weighted by Crippen LogP contribution is -2.21. The standard InChI is InChI=1S/C40H79NO3/c1-5-8-11-14-17-23-28-36-44-40(43)33-29-35-41(4)34-27-22-18-21-26-32-39(42)37-38(30-24-19-15-12-9-6-2)31-25-20-16-13-10-7-3/h38H,5-37H2,1-4H3. The summed E-state index contributed by atoms with van der Waals surface area (Å²) >= 11 is 0. The third-order valence-electron chi connectivity index (χ3n) is 9.38. The third-order valence-corrected chi connectivity index (χ3v) is 9.38. The van der Waals surface area contributed by atoms with E-state index in [0.29, 0.717) is 24.7 Å². The quantitative estimate of drug-likeness (QED) is 0.0516. The number of carbonyl (C=O) groups excluding carboxylic acids is 2. The van der Waals surface area contributed by atoms with Gasteiger partial charge in [-0.25, -0.2) is 0 Å². The molecular weight excluding hydrogens is 542 g/mol. The smallest absolute Gasteiger partial charge is 0.305 e. The summed E-state index contributed by atoms with van der Waals surface area (Å²) in [5, 5.41) is 0. The summed E-state index contributed by atoms with van der Waals surface area (Å²) in [7, 11) is 2.16. The van der Waals surface area contributed by atoms with Gasteiger partial charge in [-0.3, -0.25) is 9.59 Å². The molecule has 262 valence electrons. The average Bonchev–Trinajstić information content (AvgIpc) is 3.01. The highest BCUT2D eigenvalue weighted by atomic mass is 16.5. The maximum absolute atomic E-state index is 12.8. The van der Waals surface area contributed by atoms with Crippen LogP contribution in [0.25, 0.3) is 0 Å². The molecule has 0 saturated heterocycles. The maximum atomic E-state index is 12.8. The lowest BCUT2D eigenvalue weighted by molar-refractivity contribution is -0.144. The van der Waals surface area contributed by atoms with Crippen LogP contribution < -0.4 is 0 Å². The molecule has 0 spiro atoms. The number of unbranched alkanes of at least 4 members (excludes halogenated alkanes) is 20. The molecule has 0 aromatic rings. The number of rotatable bonds is 36. The van der Waals surface area contributed by atoms with Gasteiger partial charge in [-0.1, -0.05) is 168 Å². The first-order chi connectivity index (χ1) is 21.5. The molecule has 4 heteroatoms. The molecule has 0 aliphatic rings. The second-order valence-corrected chi connectivity index (χ2v) is 14.0. The van der Waals surface area contributed by atoms with E-state index in [1.165, 1.54) is 154 Å². The number of Topliss-reactive ketones (excluding diaryl/α,β-unsaturated/α-hetero) is 1. The topological polar surface area (TPSA) is 46.6 Å². The second-order valence-electron chi connectivity index (χ2n) is 14.0. The van der Waals surface area contributed by atoms with Crippen LogP contribution in [-0.2, 0) is 14.3 Å². The molecule has 0 bridgehead atoms. The Morgan fingerprint density at radius 1 is 0.500 bits per heavy atom. The Hall–Kier alpha value is -0.900. The van der Waals surface area contributed by atoms with Crippen LogP contribution >= 0.6 is 0 Å². The second kappa shape index (κ2) is 35.0. The van der Waals surface area contributed by atoms with Gasteiger partial charge in [0.05, 0.1) is 6.61 Å². The zero-order valence-corrected chi connectivity index (χ0v) is 30.6. The normalized spacial score (nSPS) is 11.6. The first kappa shape index (κ1) is 43.1. The van der Waals surface area contributed by atoms with E-state index in [1.807, 2.05) is 0 Å². The lowest BCUT2D eigenvalue weighted by atomic mass is 9.89. The molecule has 0 atom stereocenters. The van der Waals surface area contributed by atoms with Gasteiger partial charge in [-0.15, -0.1) is 0 Å². The number of ketones is 1. The van der Waals surface area contributed by atoms with Crippen LogP contribution in [-0.4, -0.2) is 43.4 Å². The Balaban J connectivity index is 3.85. The van der Waals surface area contributed by atoms with Gasteiger partial charge in [0, 0.05) is 19.3 Å². The van der Waals surface area contributed by atoms with Crippen molar-refractivity contribution in [3.05, 3.63) is 0 Å². The van der Waals surface area contributed by atoms with Crippen molar-refractivity contribution in [2.24, 2.45) is 5.92 Å². The summed E-state index contributed by atoms with van der Waals surface area (Å²) in [5.74, 6) is 1.12. The van der Waals surface area contributed by atoms with E-state index in [4.69, 9.17) is 4.74 Å². The van der Waals surface area contributed by atoms with Crippen molar-refractivity contribution in [1.82, 2.24) is 4.90 Å². The van der Waals surface area contributed by atoms with E-state index in [9.17, 15) is 9.59 Å². The summed E-state index contributed by atoms with van der Waals surface area (Å²) in [4.78, 5) is 27.2. The molecule has 0 aromatic carbocycles. The highest BCUT2D eigenvalue weighted by Gasteiger charge is 2.14. The van der Waals surface area contributed by atoms with Crippen molar-refractivity contribution < 1.29 is 14.3 Å². The molecule has 0 radical (unpaired) electrons. The number of esters is 1. The zero-order chi connectivity index (χ0) is 32.4. The van der Waals surface area contributed by atoms with E-state index in [0.717, 1.165) is 45.2 Å². The van der Waals surface area contributed by atoms with E-state index in [-0.39, 0.29) is 5.97 Å². The van der Waals surface area contributed by atoms with E-state index in [2.05, 4.69) is 32.7 Å². The largest absolute Gasteiger partial charge is 0.466 e. The van der Waals surface area contributed by atoms with Crippen LogP contribution in [0, 0.1) is 5.92 Å². The summed E-state index contributed by atoms with van der Waals surface area (Å²) in [6.45, 7) is 9.44. The summed E-state index contributed by atoms with van der Waals surface area (Å²) in [6, 6.07) is 0. The summed E-state index contributed by atoms with van der Waals surface area (Å²) in [6.07, 6.45) is 36.4. The summed E-state index contributed by atoms with van der Waals surface area (Å²) in [5.41, 5.74) is 0. The van der Waals surface area contributed by atoms with Crippen molar-refractivity contribution in [3.8, 4) is 0 Å². The van der Waals surface area contributed by atoms with Gasteiger partial charge in [0.25, 0.3) is 0 Å². The molecule has 0 aliphatic carbocycles. The van der Waals surface area contributed by atoms with Gasteiger partial charge >= 0.3 is 5.97 Å². The molecule has 0 unspecified atom stereocenters. The number of ether oxygens (including phenoxy) is 1. The fraction of sp³-hybridized carbons (Fsp3) is 0.950. The van der Waals surface area contributed by atoms with Crippen LogP contribution in [0.2, 0.25) is 0 Å². The molecule has 0 aromatic heterocycles. The molecule has 0 saturated carbocycles. The van der Waals surface area contributed by atoms with Crippen LogP contribution in [0.5, 0.6) is 0 Å². The number of hydrogen-bond donors (Lipinski definition) is 0. The van der Waals surface area contributed by atoms with Crippen LogP contribution in [0.1, 0.15) is 213 Å². The predicted molar refractivity (Wildman–Crippen MR) is 192 cm³/mol. The highest BCUT2D eigenvalue weighted by Crippen LogP contribution is 2.23. The minimum atomic E-state index is -0.0323. The van der Waals surface area contributed by atoms with Gasteiger partial charge in [0.2, 0.25) is 0 Å². The van der Waals surface area contributed by atoms with Crippen molar-refractivity contribution in [2.75, 3.05) is 26.7 Å². The number of carbonyl (C=O) groups is 2. The predicted octanol–water partition coefficient (Wildman–Crippen LogP) is 12.4.